The maximum atomic E-state index is 12.0. The summed E-state index contributed by atoms with van der Waals surface area (Å²) >= 11 is 1.17. The standard InChI is InChI=1S/C14H12N2O4S/c17-7-2-1-4-9-8-15-14(21-9)16-13(20)10-5-3-6-11(18)12(10)19/h3,5-6,8,17-19H,2,7H2,(H,15,16,20). The monoisotopic (exact) mass is 304 g/mol. The number of hydrogen-bond acceptors (Lipinski definition) is 6. The van der Waals surface area contributed by atoms with Gasteiger partial charge in [-0.15, -0.1) is 0 Å². The Morgan fingerprint density at radius 3 is 2.95 bits per heavy atom. The van der Waals surface area contributed by atoms with Crippen molar-refractivity contribution in [2.45, 2.75) is 6.42 Å². The molecule has 0 atom stereocenters. The van der Waals surface area contributed by atoms with Gasteiger partial charge >= 0.3 is 0 Å². The van der Waals surface area contributed by atoms with Crippen molar-refractivity contribution in [3.05, 3.63) is 34.8 Å². The first kappa shape index (κ1) is 14.8. The maximum absolute atomic E-state index is 12.0. The number of thiazole rings is 1. The molecular formula is C14H12N2O4S. The van der Waals surface area contributed by atoms with Crippen LogP contribution in [0, 0.1) is 11.8 Å². The lowest BCUT2D eigenvalue weighted by molar-refractivity contribution is 0.102. The summed E-state index contributed by atoms with van der Waals surface area (Å²) in [5.74, 6) is 4.14. The van der Waals surface area contributed by atoms with Gasteiger partial charge in [0, 0.05) is 6.42 Å². The summed E-state index contributed by atoms with van der Waals surface area (Å²) in [6.45, 7) is -0.00776. The highest BCUT2D eigenvalue weighted by atomic mass is 32.1. The van der Waals surface area contributed by atoms with Crippen LogP contribution in [0.25, 0.3) is 0 Å². The molecule has 0 radical (unpaired) electrons. The fourth-order valence-electron chi connectivity index (χ4n) is 1.47. The van der Waals surface area contributed by atoms with Crippen LogP contribution >= 0.6 is 11.3 Å². The Balaban J connectivity index is 2.10. The second-order valence-electron chi connectivity index (χ2n) is 3.93. The molecule has 1 heterocycles. The first-order chi connectivity index (χ1) is 10.1. The van der Waals surface area contributed by atoms with Gasteiger partial charge in [-0.25, -0.2) is 4.98 Å². The quantitative estimate of drug-likeness (QED) is 0.509. The Morgan fingerprint density at radius 1 is 1.38 bits per heavy atom. The number of para-hydroxylation sites is 1. The molecule has 21 heavy (non-hydrogen) atoms. The number of phenolic OH excluding ortho intramolecular Hbond substituents is 2. The molecule has 1 aromatic carbocycles. The van der Waals surface area contributed by atoms with Gasteiger partial charge in [-0.1, -0.05) is 29.2 Å². The molecule has 0 aliphatic heterocycles. The maximum Gasteiger partial charge on any atom is 0.261 e. The molecular weight excluding hydrogens is 292 g/mol. The van der Waals surface area contributed by atoms with Crippen LogP contribution < -0.4 is 5.32 Å². The number of amides is 1. The van der Waals surface area contributed by atoms with Gasteiger partial charge in [-0.3, -0.25) is 10.1 Å². The number of nitrogens with zero attached hydrogens (tertiary/aromatic N) is 1. The number of aliphatic hydroxyl groups excluding tert-OH is 1. The van der Waals surface area contributed by atoms with Gasteiger partial charge in [-0.2, -0.15) is 0 Å². The van der Waals surface area contributed by atoms with Gasteiger partial charge in [0.15, 0.2) is 16.6 Å². The van der Waals surface area contributed by atoms with Crippen molar-refractivity contribution < 1.29 is 20.1 Å². The Labute approximate surface area is 124 Å². The molecule has 2 rings (SSSR count). The zero-order chi connectivity index (χ0) is 15.2. The summed E-state index contributed by atoms with van der Waals surface area (Å²) in [5, 5.41) is 30.5. The van der Waals surface area contributed by atoms with Crippen LogP contribution in [0.1, 0.15) is 21.7 Å². The molecule has 0 saturated carbocycles. The van der Waals surface area contributed by atoms with Crippen LogP contribution in [0.15, 0.2) is 24.4 Å². The molecule has 1 aromatic heterocycles. The van der Waals surface area contributed by atoms with Crippen molar-refractivity contribution >= 4 is 22.4 Å². The Morgan fingerprint density at radius 2 is 2.19 bits per heavy atom. The van der Waals surface area contributed by atoms with E-state index in [1.54, 1.807) is 0 Å². The van der Waals surface area contributed by atoms with Crippen molar-refractivity contribution in [2.24, 2.45) is 0 Å². The molecule has 108 valence electrons. The van der Waals surface area contributed by atoms with Crippen molar-refractivity contribution in [1.29, 1.82) is 0 Å². The first-order valence-electron chi connectivity index (χ1n) is 5.99. The van der Waals surface area contributed by atoms with Crippen LogP contribution in [-0.2, 0) is 0 Å². The fraction of sp³-hybridized carbons (Fsp3) is 0.143. The van der Waals surface area contributed by atoms with Crippen LogP contribution in [0.2, 0.25) is 0 Å². The number of benzene rings is 1. The predicted octanol–water partition coefficient (Wildman–Crippen LogP) is 1.54. The lowest BCUT2D eigenvalue weighted by Gasteiger charge is -2.05. The number of carbonyl (C=O) groups excluding carboxylic acids is 1. The molecule has 7 heteroatoms. The Hall–Kier alpha value is -2.56. The third-order valence-corrected chi connectivity index (χ3v) is 3.26. The number of phenols is 2. The molecule has 0 bridgehead atoms. The SMILES string of the molecule is O=C(Nc1ncc(C#CCCO)s1)c1cccc(O)c1O. The molecule has 0 unspecified atom stereocenters. The van der Waals surface area contributed by atoms with Crippen molar-refractivity contribution in [3.63, 3.8) is 0 Å². The second kappa shape index (κ2) is 6.74. The zero-order valence-electron chi connectivity index (χ0n) is 10.8. The molecule has 6 nitrogen and oxygen atoms in total. The molecule has 0 aliphatic rings. The molecule has 1 amide bonds. The van der Waals surface area contributed by atoms with E-state index >= 15 is 0 Å². The minimum absolute atomic E-state index is 0.00776. The summed E-state index contributed by atoms with van der Waals surface area (Å²) < 4.78 is 0. The highest BCUT2D eigenvalue weighted by molar-refractivity contribution is 7.16. The van der Waals surface area contributed by atoms with E-state index < -0.39 is 11.7 Å². The van der Waals surface area contributed by atoms with E-state index in [2.05, 4.69) is 22.1 Å². The lowest BCUT2D eigenvalue weighted by Crippen LogP contribution is -2.11. The summed E-state index contributed by atoms with van der Waals surface area (Å²) in [4.78, 5) is 16.6. The minimum Gasteiger partial charge on any atom is -0.504 e. The average Bonchev–Trinajstić information content (AvgIpc) is 2.89. The molecule has 2 aromatic rings. The van der Waals surface area contributed by atoms with Gasteiger partial charge in [0.25, 0.3) is 5.91 Å². The highest BCUT2D eigenvalue weighted by Gasteiger charge is 2.15. The number of nitrogens with one attached hydrogen (secondary N) is 1. The largest absolute Gasteiger partial charge is 0.504 e. The van der Waals surface area contributed by atoms with Gasteiger partial charge in [-0.05, 0) is 12.1 Å². The van der Waals surface area contributed by atoms with E-state index in [-0.39, 0.29) is 17.9 Å². The Kier molecular flexibility index (Phi) is 4.77. The summed E-state index contributed by atoms with van der Waals surface area (Å²) in [6.07, 6.45) is 1.88. The van der Waals surface area contributed by atoms with Gasteiger partial charge in [0.05, 0.1) is 23.2 Å². The van der Waals surface area contributed by atoms with E-state index in [9.17, 15) is 15.0 Å². The van der Waals surface area contributed by atoms with E-state index in [4.69, 9.17) is 5.11 Å². The smallest absolute Gasteiger partial charge is 0.261 e. The number of carbonyl (C=O) groups is 1. The van der Waals surface area contributed by atoms with Crippen LogP contribution in [-0.4, -0.2) is 32.8 Å². The molecule has 0 saturated heterocycles. The van der Waals surface area contributed by atoms with Crippen molar-refractivity contribution in [3.8, 4) is 23.3 Å². The van der Waals surface area contributed by atoms with E-state index in [1.165, 1.54) is 35.7 Å². The van der Waals surface area contributed by atoms with Crippen LogP contribution in [0.5, 0.6) is 11.5 Å². The predicted molar refractivity (Wildman–Crippen MR) is 78.4 cm³/mol. The number of aliphatic hydroxyl groups is 1. The first-order valence-corrected chi connectivity index (χ1v) is 6.81. The summed E-state index contributed by atoms with van der Waals surface area (Å²) in [7, 11) is 0. The van der Waals surface area contributed by atoms with E-state index in [0.717, 1.165) is 0 Å². The third-order valence-electron chi connectivity index (χ3n) is 2.43. The highest BCUT2D eigenvalue weighted by Crippen LogP contribution is 2.29. The Bertz CT molecular complexity index is 715. The minimum atomic E-state index is -0.576. The zero-order valence-corrected chi connectivity index (χ0v) is 11.6. The number of aromatic hydroxyl groups is 2. The third kappa shape index (κ3) is 3.72. The summed E-state index contributed by atoms with van der Waals surface area (Å²) in [5.41, 5.74) is -0.0434. The normalized spacial score (nSPS) is 9.76. The average molecular weight is 304 g/mol. The van der Waals surface area contributed by atoms with Crippen molar-refractivity contribution in [1.82, 2.24) is 4.98 Å². The van der Waals surface area contributed by atoms with E-state index in [0.29, 0.717) is 16.4 Å². The summed E-state index contributed by atoms with van der Waals surface area (Å²) in [6, 6.07) is 4.13. The molecule has 0 aliphatic carbocycles. The number of aromatic nitrogens is 1. The fourth-order valence-corrected chi connectivity index (χ4v) is 2.16. The number of rotatable bonds is 3. The molecule has 4 N–H and O–H groups in total. The van der Waals surface area contributed by atoms with Gasteiger partial charge in [0.2, 0.25) is 0 Å². The van der Waals surface area contributed by atoms with Crippen LogP contribution in [0.4, 0.5) is 5.13 Å². The number of hydrogen-bond donors (Lipinski definition) is 4. The molecule has 0 spiro atoms. The number of anilines is 1. The van der Waals surface area contributed by atoms with E-state index in [1.807, 2.05) is 0 Å². The lowest BCUT2D eigenvalue weighted by atomic mass is 10.2. The van der Waals surface area contributed by atoms with Crippen LogP contribution in [0.3, 0.4) is 0 Å². The molecule has 0 fully saturated rings. The van der Waals surface area contributed by atoms with Gasteiger partial charge < -0.3 is 15.3 Å². The van der Waals surface area contributed by atoms with Crippen molar-refractivity contribution in [2.75, 3.05) is 11.9 Å². The van der Waals surface area contributed by atoms with Gasteiger partial charge in [0.1, 0.15) is 0 Å². The second-order valence-corrected chi connectivity index (χ2v) is 4.96. The topological polar surface area (TPSA) is 103 Å².